The number of anilines is 1. The minimum Gasteiger partial charge on any atom is -0.308 e. The van der Waals surface area contributed by atoms with Gasteiger partial charge >= 0.3 is 0 Å². The molecule has 2 aliphatic rings. The number of aromatic nitrogens is 2. The number of hydrogen-bond donors (Lipinski definition) is 1. The van der Waals surface area contributed by atoms with Gasteiger partial charge in [0.05, 0.1) is 18.1 Å². The SMILES string of the molecule is O=C(CN1CCC2(CC1)CCS(=O)(=O)CC2)Nc1cccnn1. The molecule has 0 aromatic carbocycles. The van der Waals surface area contributed by atoms with Gasteiger partial charge in [-0.15, -0.1) is 5.10 Å². The van der Waals surface area contributed by atoms with Gasteiger partial charge < -0.3 is 5.32 Å². The van der Waals surface area contributed by atoms with Gasteiger partial charge in [0, 0.05) is 6.20 Å². The number of sulfone groups is 1. The van der Waals surface area contributed by atoms with Gasteiger partial charge in [-0.3, -0.25) is 9.69 Å². The molecule has 126 valence electrons. The van der Waals surface area contributed by atoms with E-state index in [4.69, 9.17) is 0 Å². The fourth-order valence-electron chi connectivity index (χ4n) is 3.41. The van der Waals surface area contributed by atoms with Gasteiger partial charge in [0.2, 0.25) is 5.91 Å². The number of carbonyl (C=O) groups is 1. The van der Waals surface area contributed by atoms with Gasteiger partial charge in [0.25, 0.3) is 0 Å². The van der Waals surface area contributed by atoms with Crippen LogP contribution in [0, 0.1) is 5.41 Å². The van der Waals surface area contributed by atoms with Crippen molar-refractivity contribution in [1.29, 1.82) is 0 Å². The highest BCUT2D eigenvalue weighted by molar-refractivity contribution is 7.91. The number of piperidine rings is 1. The summed E-state index contributed by atoms with van der Waals surface area (Å²) in [6.45, 7) is 2.02. The van der Waals surface area contributed by atoms with E-state index in [2.05, 4.69) is 20.4 Å². The molecule has 3 heterocycles. The van der Waals surface area contributed by atoms with Crippen molar-refractivity contribution in [2.75, 3.05) is 36.5 Å². The lowest BCUT2D eigenvalue weighted by atomic mass is 9.74. The number of rotatable bonds is 3. The maximum atomic E-state index is 12.0. The Kier molecular flexibility index (Phi) is 4.63. The summed E-state index contributed by atoms with van der Waals surface area (Å²) in [6, 6.07) is 3.43. The van der Waals surface area contributed by atoms with Gasteiger partial charge in [-0.05, 0) is 56.3 Å². The summed E-state index contributed by atoms with van der Waals surface area (Å²) < 4.78 is 23.2. The van der Waals surface area contributed by atoms with Crippen molar-refractivity contribution >= 4 is 21.6 Å². The second kappa shape index (κ2) is 6.52. The van der Waals surface area contributed by atoms with Crippen LogP contribution in [0.15, 0.2) is 18.3 Å². The Labute approximate surface area is 136 Å². The smallest absolute Gasteiger partial charge is 0.239 e. The summed E-state index contributed by atoms with van der Waals surface area (Å²) in [5.41, 5.74) is 0.170. The molecule has 0 atom stereocenters. The van der Waals surface area contributed by atoms with E-state index in [0.29, 0.717) is 23.9 Å². The van der Waals surface area contributed by atoms with E-state index in [0.717, 1.165) is 38.8 Å². The summed E-state index contributed by atoms with van der Waals surface area (Å²) in [6.07, 6.45) is 5.05. The average molecular weight is 338 g/mol. The summed E-state index contributed by atoms with van der Waals surface area (Å²) in [4.78, 5) is 14.2. The zero-order chi connectivity index (χ0) is 16.3. The topological polar surface area (TPSA) is 92.3 Å². The van der Waals surface area contributed by atoms with Crippen LogP contribution in [0.1, 0.15) is 25.7 Å². The molecule has 0 unspecified atom stereocenters. The number of nitrogens with zero attached hydrogens (tertiary/aromatic N) is 3. The fourth-order valence-corrected chi connectivity index (χ4v) is 5.10. The summed E-state index contributed by atoms with van der Waals surface area (Å²) >= 11 is 0. The molecule has 1 spiro atoms. The van der Waals surface area contributed by atoms with Crippen molar-refractivity contribution in [3.8, 4) is 0 Å². The molecule has 2 aliphatic heterocycles. The summed E-state index contributed by atoms with van der Waals surface area (Å²) in [7, 11) is -2.82. The molecule has 1 aromatic rings. The minimum atomic E-state index is -2.82. The Morgan fingerprint density at radius 3 is 2.52 bits per heavy atom. The predicted molar refractivity (Wildman–Crippen MR) is 86.7 cm³/mol. The van der Waals surface area contributed by atoms with E-state index in [1.165, 1.54) is 0 Å². The Hall–Kier alpha value is -1.54. The molecule has 8 heteroatoms. The largest absolute Gasteiger partial charge is 0.308 e. The van der Waals surface area contributed by atoms with E-state index in [9.17, 15) is 13.2 Å². The van der Waals surface area contributed by atoms with Crippen molar-refractivity contribution in [2.45, 2.75) is 25.7 Å². The van der Waals surface area contributed by atoms with Crippen LogP contribution in [0.2, 0.25) is 0 Å². The maximum Gasteiger partial charge on any atom is 0.239 e. The first-order valence-corrected chi connectivity index (χ1v) is 9.79. The zero-order valence-electron chi connectivity index (χ0n) is 13.1. The molecule has 1 amide bonds. The first-order valence-electron chi connectivity index (χ1n) is 7.97. The number of likely N-dealkylation sites (tertiary alicyclic amines) is 1. The molecule has 1 aromatic heterocycles. The number of nitrogens with one attached hydrogen (secondary N) is 1. The van der Waals surface area contributed by atoms with E-state index < -0.39 is 9.84 Å². The minimum absolute atomic E-state index is 0.0901. The number of hydrogen-bond acceptors (Lipinski definition) is 6. The number of carbonyl (C=O) groups excluding carboxylic acids is 1. The van der Waals surface area contributed by atoms with Crippen LogP contribution in [0.4, 0.5) is 5.82 Å². The van der Waals surface area contributed by atoms with Crippen LogP contribution in [0.25, 0.3) is 0 Å². The Balaban J connectivity index is 1.47. The lowest BCUT2D eigenvalue weighted by molar-refractivity contribution is -0.118. The second-order valence-corrected chi connectivity index (χ2v) is 8.89. The first-order chi connectivity index (χ1) is 11.0. The molecule has 7 nitrogen and oxygen atoms in total. The standard InChI is InChI=1S/C15H22N4O3S/c20-14(17-13-2-1-7-16-18-13)12-19-8-3-15(4-9-19)5-10-23(21,22)11-6-15/h1-2,7H,3-6,8-12H2,(H,17,18,20). The third-order valence-electron chi connectivity index (χ3n) is 5.01. The van der Waals surface area contributed by atoms with E-state index >= 15 is 0 Å². The molecule has 23 heavy (non-hydrogen) atoms. The highest BCUT2D eigenvalue weighted by Crippen LogP contribution is 2.41. The van der Waals surface area contributed by atoms with Crippen molar-refractivity contribution in [2.24, 2.45) is 5.41 Å². The lowest BCUT2D eigenvalue weighted by Gasteiger charge is -2.43. The molecular formula is C15H22N4O3S. The van der Waals surface area contributed by atoms with Crippen molar-refractivity contribution in [3.63, 3.8) is 0 Å². The van der Waals surface area contributed by atoms with E-state index in [1.54, 1.807) is 18.3 Å². The summed E-state index contributed by atoms with van der Waals surface area (Å²) in [5.74, 6) is 1.01. The fraction of sp³-hybridized carbons (Fsp3) is 0.667. The molecular weight excluding hydrogens is 316 g/mol. The van der Waals surface area contributed by atoms with Crippen LogP contribution in [-0.4, -0.2) is 60.6 Å². The van der Waals surface area contributed by atoms with Gasteiger partial charge in [0.1, 0.15) is 9.84 Å². The zero-order valence-corrected chi connectivity index (χ0v) is 13.9. The third-order valence-corrected chi connectivity index (χ3v) is 6.66. The highest BCUT2D eigenvalue weighted by atomic mass is 32.2. The van der Waals surface area contributed by atoms with Gasteiger partial charge in [-0.1, -0.05) is 0 Å². The monoisotopic (exact) mass is 338 g/mol. The molecule has 0 aliphatic carbocycles. The Morgan fingerprint density at radius 2 is 1.91 bits per heavy atom. The average Bonchev–Trinajstić information content (AvgIpc) is 2.54. The third kappa shape index (κ3) is 4.26. The van der Waals surface area contributed by atoms with Crippen molar-refractivity contribution < 1.29 is 13.2 Å². The Morgan fingerprint density at radius 1 is 1.22 bits per heavy atom. The van der Waals surface area contributed by atoms with Crippen LogP contribution < -0.4 is 5.32 Å². The molecule has 0 saturated carbocycles. The van der Waals surface area contributed by atoms with Crippen molar-refractivity contribution in [3.05, 3.63) is 18.3 Å². The van der Waals surface area contributed by atoms with E-state index in [1.807, 2.05) is 0 Å². The molecule has 1 N–H and O–H groups in total. The van der Waals surface area contributed by atoms with Gasteiger partial charge in [0.15, 0.2) is 5.82 Å². The first kappa shape index (κ1) is 16.3. The normalized spacial score (nSPS) is 23.5. The molecule has 0 radical (unpaired) electrons. The Bertz CT molecular complexity index is 639. The molecule has 2 fully saturated rings. The van der Waals surface area contributed by atoms with Crippen LogP contribution in [-0.2, 0) is 14.6 Å². The predicted octanol–water partition coefficient (Wildman–Crippen LogP) is 0.706. The molecule has 3 rings (SSSR count). The maximum absolute atomic E-state index is 12.0. The second-order valence-electron chi connectivity index (χ2n) is 6.59. The van der Waals surface area contributed by atoms with Crippen LogP contribution in [0.5, 0.6) is 0 Å². The van der Waals surface area contributed by atoms with Crippen molar-refractivity contribution in [1.82, 2.24) is 15.1 Å². The summed E-state index contributed by atoms with van der Waals surface area (Å²) in [5, 5.41) is 10.3. The highest BCUT2D eigenvalue weighted by Gasteiger charge is 2.39. The van der Waals surface area contributed by atoms with E-state index in [-0.39, 0.29) is 11.3 Å². The molecule has 0 bridgehead atoms. The van der Waals surface area contributed by atoms with Crippen LogP contribution >= 0.6 is 0 Å². The van der Waals surface area contributed by atoms with Gasteiger partial charge in [-0.2, -0.15) is 5.10 Å². The number of amides is 1. The molecule has 2 saturated heterocycles. The van der Waals surface area contributed by atoms with Crippen LogP contribution in [0.3, 0.4) is 0 Å². The quantitative estimate of drug-likeness (QED) is 0.872. The van der Waals surface area contributed by atoms with Gasteiger partial charge in [-0.25, -0.2) is 8.42 Å². The lowest BCUT2D eigenvalue weighted by Crippen LogP contribution is -2.46.